The summed E-state index contributed by atoms with van der Waals surface area (Å²) in [6.07, 6.45) is 0.721. The summed E-state index contributed by atoms with van der Waals surface area (Å²) in [7, 11) is 0. The molecular formula is C14H19N5O. The topological polar surface area (TPSA) is 82.7 Å². The van der Waals surface area contributed by atoms with E-state index in [1.807, 2.05) is 45.0 Å². The standard InChI is InChI=1S/C14H19N5O/c1-4-12(13-15-10(3)18-19-13)17-14(20)16-11-7-5-6-9(2)8-11/h5-8,12H,4H2,1-3H3,(H,15,18,19)(H2,16,17,20)/t12-/m0/s1. The van der Waals surface area contributed by atoms with Crippen molar-refractivity contribution >= 4 is 11.7 Å². The third-order valence-corrected chi connectivity index (χ3v) is 2.92. The molecule has 2 rings (SSSR count). The van der Waals surface area contributed by atoms with Crippen LogP contribution >= 0.6 is 0 Å². The molecule has 0 bridgehead atoms. The molecule has 20 heavy (non-hydrogen) atoms. The van der Waals surface area contributed by atoms with Crippen molar-refractivity contribution in [3.63, 3.8) is 0 Å². The summed E-state index contributed by atoms with van der Waals surface area (Å²) in [5.74, 6) is 1.34. The van der Waals surface area contributed by atoms with Crippen LogP contribution in [-0.2, 0) is 0 Å². The lowest BCUT2D eigenvalue weighted by atomic mass is 10.2. The number of H-pyrrole nitrogens is 1. The molecule has 1 aromatic carbocycles. The van der Waals surface area contributed by atoms with Crippen molar-refractivity contribution in [1.82, 2.24) is 20.5 Å². The lowest BCUT2D eigenvalue weighted by Crippen LogP contribution is -2.32. The molecule has 0 spiro atoms. The summed E-state index contributed by atoms with van der Waals surface area (Å²) in [6, 6.07) is 7.19. The quantitative estimate of drug-likeness (QED) is 0.801. The third-order valence-electron chi connectivity index (χ3n) is 2.92. The van der Waals surface area contributed by atoms with E-state index in [0.717, 1.165) is 23.5 Å². The number of anilines is 1. The summed E-state index contributed by atoms with van der Waals surface area (Å²) in [5, 5.41) is 12.5. The Morgan fingerprint density at radius 3 is 2.80 bits per heavy atom. The number of carbonyl (C=O) groups is 1. The predicted octanol–water partition coefficient (Wildman–Crippen LogP) is 2.69. The van der Waals surface area contributed by atoms with Crippen molar-refractivity contribution in [3.8, 4) is 0 Å². The molecule has 0 unspecified atom stereocenters. The summed E-state index contributed by atoms with van der Waals surface area (Å²) >= 11 is 0. The first-order valence-corrected chi connectivity index (χ1v) is 6.61. The highest BCUT2D eigenvalue weighted by atomic mass is 16.2. The molecule has 0 aliphatic rings. The average molecular weight is 273 g/mol. The molecular weight excluding hydrogens is 254 g/mol. The number of nitrogens with zero attached hydrogens (tertiary/aromatic N) is 2. The fourth-order valence-corrected chi connectivity index (χ4v) is 1.91. The molecule has 6 nitrogen and oxygen atoms in total. The van der Waals surface area contributed by atoms with Crippen LogP contribution in [0.2, 0.25) is 0 Å². The first kappa shape index (κ1) is 14.0. The average Bonchev–Trinajstić information content (AvgIpc) is 2.82. The monoisotopic (exact) mass is 273 g/mol. The molecule has 2 aromatic rings. The Labute approximate surface area is 118 Å². The van der Waals surface area contributed by atoms with Gasteiger partial charge in [0.05, 0.1) is 6.04 Å². The zero-order valence-electron chi connectivity index (χ0n) is 11.9. The number of aryl methyl sites for hydroxylation is 2. The minimum Gasteiger partial charge on any atom is -0.328 e. The second-order valence-electron chi connectivity index (χ2n) is 4.71. The van der Waals surface area contributed by atoms with Crippen LogP contribution in [0.25, 0.3) is 0 Å². The number of rotatable bonds is 4. The Hall–Kier alpha value is -2.37. The minimum absolute atomic E-state index is 0.204. The van der Waals surface area contributed by atoms with E-state index in [-0.39, 0.29) is 12.1 Å². The number of carbonyl (C=O) groups excluding carboxylic acids is 1. The zero-order chi connectivity index (χ0) is 14.5. The number of aromatic nitrogens is 3. The van der Waals surface area contributed by atoms with Gasteiger partial charge in [-0.15, -0.1) is 0 Å². The van der Waals surface area contributed by atoms with Gasteiger partial charge in [-0.1, -0.05) is 19.1 Å². The summed E-state index contributed by atoms with van der Waals surface area (Å²) in [6.45, 7) is 5.79. The number of benzene rings is 1. The van der Waals surface area contributed by atoms with Crippen molar-refractivity contribution in [2.24, 2.45) is 0 Å². The Morgan fingerprint density at radius 2 is 2.20 bits per heavy atom. The number of urea groups is 1. The van der Waals surface area contributed by atoms with Crippen LogP contribution in [0.4, 0.5) is 10.5 Å². The van der Waals surface area contributed by atoms with Crippen molar-refractivity contribution in [1.29, 1.82) is 0 Å². The molecule has 0 saturated heterocycles. The van der Waals surface area contributed by atoms with Gasteiger partial charge in [0.1, 0.15) is 5.82 Å². The molecule has 106 valence electrons. The smallest absolute Gasteiger partial charge is 0.319 e. The number of amides is 2. The Kier molecular flexibility index (Phi) is 4.34. The van der Waals surface area contributed by atoms with Crippen molar-refractivity contribution in [3.05, 3.63) is 41.5 Å². The van der Waals surface area contributed by atoms with Crippen LogP contribution in [0, 0.1) is 13.8 Å². The predicted molar refractivity (Wildman–Crippen MR) is 77.5 cm³/mol. The fraction of sp³-hybridized carbons (Fsp3) is 0.357. The van der Waals surface area contributed by atoms with Gasteiger partial charge < -0.3 is 10.6 Å². The van der Waals surface area contributed by atoms with E-state index < -0.39 is 0 Å². The molecule has 1 atom stereocenters. The second kappa shape index (κ2) is 6.18. The molecule has 2 amide bonds. The Bertz CT molecular complexity index is 593. The summed E-state index contributed by atoms with van der Waals surface area (Å²) in [5.41, 5.74) is 1.86. The maximum atomic E-state index is 12.0. The normalized spacial score (nSPS) is 11.9. The van der Waals surface area contributed by atoms with Gasteiger partial charge in [-0.05, 0) is 38.0 Å². The van der Waals surface area contributed by atoms with Gasteiger partial charge in [0.2, 0.25) is 0 Å². The van der Waals surface area contributed by atoms with Crippen molar-refractivity contribution < 1.29 is 4.79 Å². The van der Waals surface area contributed by atoms with Gasteiger partial charge in [0.15, 0.2) is 5.82 Å². The molecule has 0 fully saturated rings. The SMILES string of the molecule is CC[C@H](NC(=O)Nc1cccc(C)c1)c1n[nH]c(C)n1. The maximum absolute atomic E-state index is 12.0. The van der Waals surface area contributed by atoms with Gasteiger partial charge in [-0.3, -0.25) is 5.10 Å². The van der Waals surface area contributed by atoms with E-state index in [2.05, 4.69) is 25.8 Å². The second-order valence-corrected chi connectivity index (χ2v) is 4.71. The molecule has 0 aliphatic heterocycles. The number of nitrogens with one attached hydrogen (secondary N) is 3. The highest BCUT2D eigenvalue weighted by molar-refractivity contribution is 5.89. The largest absolute Gasteiger partial charge is 0.328 e. The fourth-order valence-electron chi connectivity index (χ4n) is 1.91. The van der Waals surface area contributed by atoms with Crippen LogP contribution in [0.15, 0.2) is 24.3 Å². The van der Waals surface area contributed by atoms with Gasteiger partial charge in [0.25, 0.3) is 0 Å². The highest BCUT2D eigenvalue weighted by Crippen LogP contribution is 2.13. The molecule has 3 N–H and O–H groups in total. The van der Waals surface area contributed by atoms with Crippen LogP contribution in [0.5, 0.6) is 0 Å². The van der Waals surface area contributed by atoms with Gasteiger partial charge in [0, 0.05) is 5.69 Å². The zero-order valence-corrected chi connectivity index (χ0v) is 11.9. The van der Waals surface area contributed by atoms with E-state index in [4.69, 9.17) is 0 Å². The maximum Gasteiger partial charge on any atom is 0.319 e. The van der Waals surface area contributed by atoms with Crippen LogP contribution in [-0.4, -0.2) is 21.2 Å². The van der Waals surface area contributed by atoms with Gasteiger partial charge >= 0.3 is 6.03 Å². The third kappa shape index (κ3) is 3.57. The highest BCUT2D eigenvalue weighted by Gasteiger charge is 2.16. The molecule has 0 saturated carbocycles. The molecule has 1 heterocycles. The number of aromatic amines is 1. The van der Waals surface area contributed by atoms with E-state index in [1.54, 1.807) is 0 Å². The van der Waals surface area contributed by atoms with Crippen LogP contribution in [0.1, 0.15) is 36.6 Å². The Balaban J connectivity index is 1.99. The first-order valence-electron chi connectivity index (χ1n) is 6.61. The van der Waals surface area contributed by atoms with Crippen LogP contribution < -0.4 is 10.6 Å². The van der Waals surface area contributed by atoms with E-state index in [1.165, 1.54) is 0 Å². The lowest BCUT2D eigenvalue weighted by Gasteiger charge is -2.14. The molecule has 0 radical (unpaired) electrons. The first-order chi connectivity index (χ1) is 9.58. The van der Waals surface area contributed by atoms with Crippen LogP contribution in [0.3, 0.4) is 0 Å². The van der Waals surface area contributed by atoms with Gasteiger partial charge in [-0.2, -0.15) is 5.10 Å². The van der Waals surface area contributed by atoms with Crippen molar-refractivity contribution in [2.45, 2.75) is 33.2 Å². The number of hydrogen-bond donors (Lipinski definition) is 3. The minimum atomic E-state index is -0.259. The molecule has 1 aromatic heterocycles. The summed E-state index contributed by atoms with van der Waals surface area (Å²) < 4.78 is 0. The van der Waals surface area contributed by atoms with Crippen molar-refractivity contribution in [2.75, 3.05) is 5.32 Å². The molecule has 0 aliphatic carbocycles. The Morgan fingerprint density at radius 1 is 1.40 bits per heavy atom. The van der Waals surface area contributed by atoms with E-state index in [0.29, 0.717) is 5.82 Å². The summed E-state index contributed by atoms with van der Waals surface area (Å²) in [4.78, 5) is 16.2. The number of hydrogen-bond acceptors (Lipinski definition) is 3. The van der Waals surface area contributed by atoms with E-state index in [9.17, 15) is 4.79 Å². The van der Waals surface area contributed by atoms with Gasteiger partial charge in [-0.25, -0.2) is 9.78 Å². The molecule has 6 heteroatoms. The lowest BCUT2D eigenvalue weighted by molar-refractivity contribution is 0.247. The van der Waals surface area contributed by atoms with E-state index >= 15 is 0 Å².